The van der Waals surface area contributed by atoms with Crippen LogP contribution in [0.15, 0.2) is 0 Å². The fourth-order valence-electron chi connectivity index (χ4n) is 0.651. The monoisotopic (exact) mass is 133 g/mol. The van der Waals surface area contributed by atoms with E-state index >= 15 is 0 Å². The Hall–Kier alpha value is 0.270. The van der Waals surface area contributed by atoms with E-state index in [1.165, 1.54) is 0 Å². The number of ether oxygens (including phenoxy) is 1. The highest BCUT2D eigenvalue weighted by atomic mass is 32.2. The van der Waals surface area contributed by atoms with Crippen LogP contribution in [0.2, 0.25) is 0 Å². The minimum Gasteiger partial charge on any atom is -0.368 e. The van der Waals surface area contributed by atoms with Crippen molar-refractivity contribution in [3.8, 4) is 0 Å². The smallest absolute Gasteiger partial charge is 0.107 e. The molecule has 1 saturated heterocycles. The van der Waals surface area contributed by atoms with E-state index in [0.29, 0.717) is 0 Å². The Morgan fingerprint density at radius 3 is 3.00 bits per heavy atom. The minimum absolute atomic E-state index is 0.841. The molecule has 0 N–H and O–H groups in total. The van der Waals surface area contributed by atoms with Crippen LogP contribution in [0, 0.1) is 0 Å². The molecule has 0 spiro atoms. The van der Waals surface area contributed by atoms with Crippen molar-refractivity contribution in [3.63, 3.8) is 0 Å². The normalized spacial score (nSPS) is 23.6. The third-order valence-electron chi connectivity index (χ3n) is 1.16. The van der Waals surface area contributed by atoms with Gasteiger partial charge in [-0.3, -0.25) is 0 Å². The predicted octanol–water partition coefficient (Wildman–Crippen LogP) is 0.944. The van der Waals surface area contributed by atoms with Gasteiger partial charge >= 0.3 is 0 Å². The topological polar surface area (TPSA) is 12.5 Å². The van der Waals surface area contributed by atoms with E-state index in [0.717, 1.165) is 25.6 Å². The quantitative estimate of drug-likeness (QED) is 0.494. The van der Waals surface area contributed by atoms with Crippen molar-refractivity contribution in [2.45, 2.75) is 6.92 Å². The number of likely N-dealkylation sites (N-methyl/N-ethyl adjacent to an activating group) is 1. The zero-order chi connectivity index (χ0) is 5.82. The first-order chi connectivity index (χ1) is 3.93. The summed E-state index contributed by atoms with van der Waals surface area (Å²) in [4.78, 5) is 0. The van der Waals surface area contributed by atoms with Gasteiger partial charge in [-0.15, -0.1) is 0 Å². The van der Waals surface area contributed by atoms with E-state index in [-0.39, 0.29) is 0 Å². The third-order valence-corrected chi connectivity index (χ3v) is 2.23. The van der Waals surface area contributed by atoms with Crippen molar-refractivity contribution in [3.05, 3.63) is 0 Å². The second-order valence-electron chi connectivity index (χ2n) is 1.68. The van der Waals surface area contributed by atoms with Crippen LogP contribution >= 0.6 is 11.9 Å². The van der Waals surface area contributed by atoms with Gasteiger partial charge in [0.05, 0.1) is 6.61 Å². The molecule has 1 aliphatic heterocycles. The Morgan fingerprint density at radius 2 is 2.62 bits per heavy atom. The first kappa shape index (κ1) is 6.39. The lowest BCUT2D eigenvalue weighted by Crippen LogP contribution is -2.25. The average molecular weight is 133 g/mol. The van der Waals surface area contributed by atoms with E-state index in [9.17, 15) is 0 Å². The average Bonchev–Trinajstić information content (AvgIpc) is 1.90. The first-order valence-electron chi connectivity index (χ1n) is 2.89. The van der Waals surface area contributed by atoms with Crippen LogP contribution in [0.1, 0.15) is 6.92 Å². The van der Waals surface area contributed by atoms with E-state index < -0.39 is 0 Å². The van der Waals surface area contributed by atoms with Crippen LogP contribution in [0.4, 0.5) is 0 Å². The van der Waals surface area contributed by atoms with Gasteiger partial charge in [0.2, 0.25) is 0 Å². The van der Waals surface area contributed by atoms with Gasteiger partial charge < -0.3 is 4.74 Å². The molecule has 0 aromatic carbocycles. The molecule has 3 heteroatoms. The van der Waals surface area contributed by atoms with Crippen LogP contribution < -0.4 is 0 Å². The Labute approximate surface area is 54.3 Å². The zero-order valence-electron chi connectivity index (χ0n) is 5.09. The van der Waals surface area contributed by atoms with Gasteiger partial charge in [0.15, 0.2) is 0 Å². The van der Waals surface area contributed by atoms with Gasteiger partial charge in [-0.1, -0.05) is 18.9 Å². The molecule has 0 radical (unpaired) electrons. The van der Waals surface area contributed by atoms with Crippen molar-refractivity contribution in [2.75, 3.05) is 25.6 Å². The summed E-state index contributed by atoms with van der Waals surface area (Å²) in [6, 6.07) is 0. The Bertz CT molecular complexity index is 63.4. The van der Waals surface area contributed by atoms with Crippen LogP contribution in [0.3, 0.4) is 0 Å². The van der Waals surface area contributed by atoms with Crippen LogP contribution in [0.25, 0.3) is 0 Å². The highest BCUT2D eigenvalue weighted by Gasteiger charge is 2.06. The lowest BCUT2D eigenvalue weighted by atomic mass is 10.6. The van der Waals surface area contributed by atoms with E-state index in [4.69, 9.17) is 4.74 Å². The summed E-state index contributed by atoms with van der Waals surface area (Å²) in [7, 11) is 0. The van der Waals surface area contributed by atoms with E-state index in [1.54, 1.807) is 11.9 Å². The molecule has 8 heavy (non-hydrogen) atoms. The molecule has 0 atom stereocenters. The minimum atomic E-state index is 0.841. The molecule has 0 saturated carbocycles. The molecule has 0 amide bonds. The molecular weight excluding hydrogens is 122 g/mol. The van der Waals surface area contributed by atoms with Gasteiger partial charge in [0.25, 0.3) is 0 Å². The Kier molecular flexibility index (Phi) is 2.66. The molecule has 0 aromatic heterocycles. The number of rotatable bonds is 1. The number of nitrogens with zero attached hydrogens (tertiary/aromatic N) is 1. The fraction of sp³-hybridized carbons (Fsp3) is 1.00. The SMILES string of the molecule is CCN1CCOCS1. The highest BCUT2D eigenvalue weighted by Crippen LogP contribution is 2.12. The van der Waals surface area contributed by atoms with Crippen LogP contribution in [-0.2, 0) is 4.74 Å². The summed E-state index contributed by atoms with van der Waals surface area (Å²) in [5, 5.41) is 0. The van der Waals surface area contributed by atoms with Gasteiger partial charge in [-0.2, -0.15) is 0 Å². The molecular formula is C5H11NOS. The largest absolute Gasteiger partial charge is 0.368 e. The second-order valence-corrected chi connectivity index (χ2v) is 2.69. The lowest BCUT2D eigenvalue weighted by Gasteiger charge is -2.23. The Morgan fingerprint density at radius 1 is 1.75 bits per heavy atom. The van der Waals surface area contributed by atoms with Gasteiger partial charge in [0.1, 0.15) is 5.94 Å². The van der Waals surface area contributed by atoms with Gasteiger partial charge in [-0.25, -0.2) is 4.31 Å². The molecule has 2 nitrogen and oxygen atoms in total. The molecule has 0 aromatic rings. The van der Waals surface area contributed by atoms with Crippen molar-refractivity contribution in [1.29, 1.82) is 0 Å². The molecule has 1 aliphatic rings. The maximum Gasteiger partial charge on any atom is 0.107 e. The third kappa shape index (κ3) is 1.65. The summed E-state index contributed by atoms with van der Waals surface area (Å²) in [6.45, 7) is 5.29. The maximum absolute atomic E-state index is 5.12. The maximum atomic E-state index is 5.12. The van der Waals surface area contributed by atoms with Crippen molar-refractivity contribution in [2.24, 2.45) is 0 Å². The van der Waals surface area contributed by atoms with Crippen LogP contribution in [-0.4, -0.2) is 29.9 Å². The fourth-order valence-corrected chi connectivity index (χ4v) is 1.38. The molecule has 1 rings (SSSR count). The summed E-state index contributed by atoms with van der Waals surface area (Å²) >= 11 is 1.77. The summed E-state index contributed by atoms with van der Waals surface area (Å²) in [5.74, 6) is 0.841. The van der Waals surface area contributed by atoms with Crippen molar-refractivity contribution < 1.29 is 4.74 Å². The molecule has 48 valence electrons. The highest BCUT2D eigenvalue weighted by molar-refractivity contribution is 7.96. The number of hydrogen-bond acceptors (Lipinski definition) is 3. The Balaban J connectivity index is 2.13. The van der Waals surface area contributed by atoms with E-state index in [2.05, 4.69) is 11.2 Å². The van der Waals surface area contributed by atoms with E-state index in [1.807, 2.05) is 0 Å². The molecule has 0 aliphatic carbocycles. The van der Waals surface area contributed by atoms with Gasteiger partial charge in [0, 0.05) is 13.1 Å². The van der Waals surface area contributed by atoms with Crippen LogP contribution in [0.5, 0.6) is 0 Å². The lowest BCUT2D eigenvalue weighted by molar-refractivity contribution is 0.149. The predicted molar refractivity (Wildman–Crippen MR) is 35.7 cm³/mol. The second kappa shape index (κ2) is 3.33. The number of hydrogen-bond donors (Lipinski definition) is 0. The van der Waals surface area contributed by atoms with Crippen molar-refractivity contribution >= 4 is 11.9 Å². The summed E-state index contributed by atoms with van der Waals surface area (Å²) in [6.07, 6.45) is 0. The standard InChI is InChI=1S/C5H11NOS/c1-2-6-3-4-7-5-8-6/h2-5H2,1H3. The molecule has 1 heterocycles. The van der Waals surface area contributed by atoms with Crippen molar-refractivity contribution in [1.82, 2.24) is 4.31 Å². The zero-order valence-corrected chi connectivity index (χ0v) is 5.91. The van der Waals surface area contributed by atoms with Gasteiger partial charge in [-0.05, 0) is 0 Å². The summed E-state index contributed by atoms with van der Waals surface area (Å²) < 4.78 is 7.43. The summed E-state index contributed by atoms with van der Waals surface area (Å²) in [5.41, 5.74) is 0. The molecule has 0 bridgehead atoms. The molecule has 0 unspecified atom stereocenters. The first-order valence-corrected chi connectivity index (χ1v) is 3.83. The molecule has 1 fully saturated rings.